The number of β-amino-alcohol motifs (C(OH)–C–C–N with tert-alkyl or cyclic N) is 1. The van der Waals surface area contributed by atoms with Crippen LogP contribution in [0.15, 0.2) is 60.1 Å². The molecule has 16 heteroatoms. The average molecular weight is 923 g/mol. The molecule has 4 aliphatic rings. The van der Waals surface area contributed by atoms with E-state index in [4.69, 9.17) is 10.5 Å². The Morgan fingerprint density at radius 2 is 1.61 bits per heavy atom. The van der Waals surface area contributed by atoms with Crippen molar-refractivity contribution in [3.8, 4) is 33.2 Å². The molecule has 15 nitrogen and oxygen atoms in total. The third-order valence-corrected chi connectivity index (χ3v) is 14.4. The molecule has 0 spiro atoms. The molecule has 8 rings (SSSR count). The number of ether oxygens (including phenoxy) is 1. The van der Waals surface area contributed by atoms with Crippen molar-refractivity contribution in [2.45, 2.75) is 148 Å². The van der Waals surface area contributed by atoms with E-state index in [1.54, 1.807) is 35.6 Å². The molecule has 1 saturated heterocycles. The zero-order valence-electron chi connectivity index (χ0n) is 38.7. The molecule has 4 amide bonds. The molecule has 2 bridgehead atoms. The number of nitrogens with zero attached hydrogens (tertiary/aromatic N) is 4. The number of nitrogens with two attached hydrogens (primary N) is 1. The number of anilines is 1. The van der Waals surface area contributed by atoms with Crippen molar-refractivity contribution in [3.63, 3.8) is 0 Å². The van der Waals surface area contributed by atoms with Crippen LogP contribution in [0.5, 0.6) is 11.5 Å². The minimum Gasteiger partial charge on any atom is -0.507 e. The highest BCUT2D eigenvalue weighted by atomic mass is 32.1. The van der Waals surface area contributed by atoms with Crippen LogP contribution in [0.3, 0.4) is 0 Å². The number of aryl methyl sites for hydroxylation is 1. The van der Waals surface area contributed by atoms with E-state index in [1.807, 2.05) is 63.5 Å². The molecule has 0 unspecified atom stereocenters. The molecule has 3 aliphatic carbocycles. The fourth-order valence-electron chi connectivity index (χ4n) is 9.92. The van der Waals surface area contributed by atoms with Gasteiger partial charge in [-0.05, 0) is 79.5 Å². The number of phenols is 1. The van der Waals surface area contributed by atoms with Crippen LogP contribution in [0.25, 0.3) is 21.7 Å². The van der Waals surface area contributed by atoms with Crippen LogP contribution in [0.1, 0.15) is 122 Å². The van der Waals surface area contributed by atoms with E-state index in [-0.39, 0.29) is 65.7 Å². The van der Waals surface area contributed by atoms with Crippen molar-refractivity contribution in [1.82, 2.24) is 36.0 Å². The Balaban J connectivity index is 0.737. The number of aliphatic hydroxyl groups is 1. The van der Waals surface area contributed by atoms with Crippen LogP contribution in [0.4, 0.5) is 5.82 Å². The topological polar surface area (TPSA) is 222 Å². The molecular weight excluding hydrogens is 857 g/mol. The highest BCUT2D eigenvalue weighted by Gasteiger charge is 2.67. The van der Waals surface area contributed by atoms with Gasteiger partial charge >= 0.3 is 0 Å². The molecule has 3 saturated carbocycles. The number of benzene rings is 2. The predicted molar refractivity (Wildman–Crippen MR) is 254 cm³/mol. The smallest absolute Gasteiger partial charge is 0.246 e. The van der Waals surface area contributed by atoms with Crippen LogP contribution >= 0.6 is 11.3 Å². The van der Waals surface area contributed by atoms with Gasteiger partial charge in [0.1, 0.15) is 23.5 Å². The van der Waals surface area contributed by atoms with Gasteiger partial charge in [0.15, 0.2) is 11.6 Å². The van der Waals surface area contributed by atoms with E-state index in [0.717, 1.165) is 85.9 Å². The Kier molecular flexibility index (Phi) is 15.3. The van der Waals surface area contributed by atoms with Crippen molar-refractivity contribution in [3.05, 3.63) is 71.4 Å². The Morgan fingerprint density at radius 1 is 0.939 bits per heavy atom. The quantitative estimate of drug-likeness (QED) is 0.0441. The number of aliphatic hydroxyl groups excluding tert-OH is 1. The number of hydrogen-bond donors (Lipinski definition) is 6. The number of para-hydroxylation sites is 1. The number of likely N-dealkylation sites (tertiary alicyclic amines) is 1. The van der Waals surface area contributed by atoms with Crippen molar-refractivity contribution < 1.29 is 34.1 Å². The van der Waals surface area contributed by atoms with Gasteiger partial charge in [0, 0.05) is 49.5 Å². The summed E-state index contributed by atoms with van der Waals surface area (Å²) < 4.78 is 6.01. The van der Waals surface area contributed by atoms with Crippen LogP contribution in [-0.4, -0.2) is 90.8 Å². The molecule has 2 aromatic carbocycles. The molecule has 3 atom stereocenters. The Labute approximate surface area is 391 Å². The van der Waals surface area contributed by atoms with Crippen LogP contribution < -0.4 is 26.4 Å². The van der Waals surface area contributed by atoms with Crippen LogP contribution in [0.2, 0.25) is 0 Å². The van der Waals surface area contributed by atoms with Crippen molar-refractivity contribution in [2.75, 3.05) is 18.9 Å². The number of phenolic OH excluding ortho intramolecular Hbond substituents is 1. The van der Waals surface area contributed by atoms with E-state index in [1.165, 1.54) is 4.90 Å². The monoisotopic (exact) mass is 922 g/mol. The van der Waals surface area contributed by atoms with Gasteiger partial charge in [-0.2, -0.15) is 0 Å². The number of rotatable bonds is 22. The number of aromatic hydroxyl groups is 1. The zero-order chi connectivity index (χ0) is 47.1. The van der Waals surface area contributed by atoms with Crippen molar-refractivity contribution >= 4 is 40.8 Å². The Hall–Kier alpha value is -5.61. The molecule has 66 heavy (non-hydrogen) atoms. The Bertz CT molecular complexity index is 2330. The lowest BCUT2D eigenvalue weighted by atomic mass is 9.38. The summed E-state index contributed by atoms with van der Waals surface area (Å²) in [4.78, 5) is 60.2. The summed E-state index contributed by atoms with van der Waals surface area (Å²) in [5.74, 6) is -0.0396. The number of nitrogens with one attached hydrogen (secondary N) is 3. The third kappa shape index (κ3) is 11.9. The molecule has 354 valence electrons. The van der Waals surface area contributed by atoms with Gasteiger partial charge in [0.2, 0.25) is 23.6 Å². The first-order chi connectivity index (χ1) is 31.5. The molecule has 1 aliphatic heterocycles. The lowest BCUT2D eigenvalue weighted by Gasteiger charge is -2.71. The number of hydrogen-bond acceptors (Lipinski definition) is 12. The standard InChI is InChI=1S/C50H66N8O7S/c1-32-43(66-31-53-32)34-20-18-33(19-21-34)26-52-46(63)38-24-35(59)27-58(38)47(64)44(48(2,3)4)54-41(61)16-10-8-6-5-7-9-11-17-42(62)55-50-28-49(29-50,30-50)22-23-65-40-25-37(56-57-45(40)51)36-14-12-13-15-39(36)60/h12-15,18-21,25,31,35,38,44,59-60H,5-11,16-17,22-24,26-30H2,1-4H3,(H2,51,57)(H,52,63)(H,54,61)(H,55,62)/t35-,38+,44-,49?,50?/m1/s1. The summed E-state index contributed by atoms with van der Waals surface area (Å²) >= 11 is 1.58. The number of nitrogen functional groups attached to an aromatic ring is 1. The SMILES string of the molecule is Cc1ncsc1-c1ccc(CNC(=O)[C@@H]2C[C@@H](O)CN2C(=O)[C@@H](NC(=O)CCCCCCCCCC(=O)NC23CC(CCOc4cc(-c5ccccc5O)nnc4N)(C2)C3)C(C)(C)C)cc1. The van der Waals surface area contributed by atoms with E-state index in [0.29, 0.717) is 42.9 Å². The largest absolute Gasteiger partial charge is 0.507 e. The van der Waals surface area contributed by atoms with Gasteiger partial charge < -0.3 is 41.5 Å². The van der Waals surface area contributed by atoms with Crippen LogP contribution in [0, 0.1) is 17.8 Å². The fraction of sp³-hybridized carbons (Fsp3) is 0.540. The highest BCUT2D eigenvalue weighted by Crippen LogP contribution is 2.69. The van der Waals surface area contributed by atoms with E-state index < -0.39 is 23.6 Å². The molecule has 0 radical (unpaired) electrons. The first-order valence-corrected chi connectivity index (χ1v) is 24.3. The Morgan fingerprint density at radius 3 is 2.26 bits per heavy atom. The summed E-state index contributed by atoms with van der Waals surface area (Å²) in [5.41, 5.74) is 11.3. The number of carbonyl (C=O) groups excluding carboxylic acids is 4. The first-order valence-electron chi connectivity index (χ1n) is 23.4. The van der Waals surface area contributed by atoms with Crippen molar-refractivity contribution in [1.29, 1.82) is 0 Å². The molecular formula is C50H66N8O7S. The van der Waals surface area contributed by atoms with Crippen molar-refractivity contribution in [2.24, 2.45) is 10.8 Å². The number of aromatic nitrogens is 3. The summed E-state index contributed by atoms with van der Waals surface area (Å²) in [6.07, 6.45) is 10.3. The third-order valence-electron chi connectivity index (χ3n) is 13.4. The minimum atomic E-state index is -0.857. The van der Waals surface area contributed by atoms with Gasteiger partial charge in [-0.3, -0.25) is 19.2 Å². The van der Waals surface area contributed by atoms with E-state index in [9.17, 15) is 29.4 Å². The maximum atomic E-state index is 14.0. The molecule has 4 aromatic rings. The maximum absolute atomic E-state index is 14.0. The van der Waals surface area contributed by atoms with Gasteiger partial charge in [-0.25, -0.2) is 4.98 Å². The fourth-order valence-corrected chi connectivity index (χ4v) is 10.7. The van der Waals surface area contributed by atoms with Gasteiger partial charge in [-0.15, -0.1) is 21.5 Å². The molecule has 7 N–H and O–H groups in total. The van der Waals surface area contributed by atoms with Gasteiger partial charge in [0.25, 0.3) is 0 Å². The second kappa shape index (κ2) is 20.9. The summed E-state index contributed by atoms with van der Waals surface area (Å²) in [5, 5.41) is 38.1. The zero-order valence-corrected chi connectivity index (χ0v) is 39.6. The normalized spacial score (nSPS) is 21.3. The lowest BCUT2D eigenvalue weighted by molar-refractivity contribution is -0.171. The average Bonchev–Trinajstić information content (AvgIpc) is 3.88. The molecule has 4 fully saturated rings. The number of amides is 4. The lowest BCUT2D eigenvalue weighted by Crippen LogP contribution is -2.74. The number of carbonyl (C=O) groups is 4. The molecule has 3 heterocycles. The summed E-state index contributed by atoms with van der Waals surface area (Å²) in [7, 11) is 0. The predicted octanol–water partition coefficient (Wildman–Crippen LogP) is 6.99. The first kappa shape index (κ1) is 48.3. The van der Waals surface area contributed by atoms with E-state index in [2.05, 4.69) is 31.1 Å². The maximum Gasteiger partial charge on any atom is 0.246 e. The second-order valence-electron chi connectivity index (χ2n) is 19.9. The summed E-state index contributed by atoms with van der Waals surface area (Å²) in [6.45, 7) is 8.43. The van der Waals surface area contributed by atoms with E-state index >= 15 is 0 Å². The second-order valence-corrected chi connectivity index (χ2v) is 20.7. The highest BCUT2D eigenvalue weighted by molar-refractivity contribution is 7.13. The van der Waals surface area contributed by atoms with Gasteiger partial charge in [-0.1, -0.05) is 89.3 Å². The van der Waals surface area contributed by atoms with Gasteiger partial charge in [0.05, 0.1) is 28.8 Å². The summed E-state index contributed by atoms with van der Waals surface area (Å²) in [6, 6.07) is 14.9. The number of unbranched alkanes of at least 4 members (excludes halogenated alkanes) is 6. The van der Waals surface area contributed by atoms with Crippen LogP contribution in [-0.2, 0) is 25.7 Å². The number of thiazole rings is 1. The molecule has 2 aromatic heterocycles. The minimum absolute atomic E-state index is 0.0284.